The molecule has 0 aliphatic carbocycles. The Morgan fingerprint density at radius 3 is 2.78 bits per heavy atom. The van der Waals surface area contributed by atoms with Crippen molar-refractivity contribution >= 4 is 12.1 Å². The van der Waals surface area contributed by atoms with E-state index >= 15 is 0 Å². The van der Waals surface area contributed by atoms with Crippen LogP contribution in [0.15, 0.2) is 18.2 Å². The molecule has 2 rings (SSSR count). The van der Waals surface area contributed by atoms with Crippen molar-refractivity contribution in [1.82, 2.24) is 4.90 Å². The van der Waals surface area contributed by atoms with Crippen LogP contribution in [0.2, 0.25) is 0 Å². The quantitative estimate of drug-likeness (QED) is 0.842. The van der Waals surface area contributed by atoms with E-state index in [9.17, 15) is 9.59 Å². The number of carbonyl (C=O) groups is 2. The molecule has 96 valence electrons. The van der Waals surface area contributed by atoms with Crippen LogP contribution >= 0.6 is 0 Å². The second-order valence-electron chi connectivity index (χ2n) is 4.03. The maximum atomic E-state index is 10.9. The van der Waals surface area contributed by atoms with Gasteiger partial charge in [-0.25, -0.2) is 9.59 Å². The zero-order chi connectivity index (χ0) is 13.1. The van der Waals surface area contributed by atoms with Crippen LogP contribution in [-0.4, -0.2) is 40.3 Å². The average molecular weight is 251 g/mol. The third kappa shape index (κ3) is 2.53. The minimum Gasteiger partial charge on any atom is -0.482 e. The number of fused-ring (bicyclic) bond motifs is 1. The first-order valence-corrected chi connectivity index (χ1v) is 5.51. The number of carboxylic acid groups (broad SMARTS) is 2. The third-order valence-corrected chi connectivity index (χ3v) is 2.85. The Labute approximate surface area is 103 Å². The monoisotopic (exact) mass is 251 g/mol. The number of aliphatic carboxylic acids is 1. The lowest BCUT2D eigenvalue weighted by molar-refractivity contribution is -0.139. The lowest BCUT2D eigenvalue weighted by Gasteiger charge is -2.27. The Morgan fingerprint density at radius 2 is 2.11 bits per heavy atom. The number of amides is 1. The number of benzene rings is 1. The van der Waals surface area contributed by atoms with Crippen LogP contribution in [0.4, 0.5) is 4.79 Å². The molecule has 1 aliphatic heterocycles. The summed E-state index contributed by atoms with van der Waals surface area (Å²) in [5.74, 6) is -0.612. The van der Waals surface area contributed by atoms with Gasteiger partial charge in [0.25, 0.3) is 0 Å². The number of rotatable bonds is 3. The average Bonchev–Trinajstić information content (AvgIpc) is 2.35. The van der Waals surface area contributed by atoms with Crippen molar-refractivity contribution in [3.05, 3.63) is 29.3 Å². The van der Waals surface area contributed by atoms with Gasteiger partial charge in [0.1, 0.15) is 5.75 Å². The molecule has 0 fully saturated rings. The van der Waals surface area contributed by atoms with E-state index in [-0.39, 0.29) is 6.54 Å². The molecule has 2 N–H and O–H groups in total. The first-order valence-electron chi connectivity index (χ1n) is 5.51. The first-order chi connectivity index (χ1) is 8.58. The van der Waals surface area contributed by atoms with Gasteiger partial charge in [0.05, 0.1) is 6.54 Å². The van der Waals surface area contributed by atoms with Gasteiger partial charge in [-0.3, -0.25) is 0 Å². The van der Waals surface area contributed by atoms with Crippen molar-refractivity contribution in [3.63, 3.8) is 0 Å². The van der Waals surface area contributed by atoms with Crippen molar-refractivity contribution in [1.29, 1.82) is 0 Å². The van der Waals surface area contributed by atoms with Crippen molar-refractivity contribution < 1.29 is 24.5 Å². The van der Waals surface area contributed by atoms with Crippen LogP contribution in [-0.2, 0) is 17.8 Å². The van der Waals surface area contributed by atoms with Crippen LogP contribution < -0.4 is 4.74 Å². The summed E-state index contributed by atoms with van der Waals surface area (Å²) in [4.78, 5) is 22.7. The second kappa shape index (κ2) is 4.95. The van der Waals surface area contributed by atoms with Crippen molar-refractivity contribution in [2.24, 2.45) is 0 Å². The molecule has 1 heterocycles. The molecule has 0 saturated heterocycles. The molecule has 0 atom stereocenters. The van der Waals surface area contributed by atoms with E-state index in [0.29, 0.717) is 18.7 Å². The molecule has 0 aromatic heterocycles. The largest absolute Gasteiger partial charge is 0.482 e. The Kier molecular flexibility index (Phi) is 3.36. The highest BCUT2D eigenvalue weighted by atomic mass is 16.5. The lowest BCUT2D eigenvalue weighted by Crippen LogP contribution is -2.35. The van der Waals surface area contributed by atoms with E-state index in [1.54, 1.807) is 12.1 Å². The molecule has 6 nitrogen and oxygen atoms in total. The molecule has 1 aromatic rings. The van der Waals surface area contributed by atoms with Crippen molar-refractivity contribution in [2.75, 3.05) is 13.2 Å². The van der Waals surface area contributed by atoms with E-state index in [1.807, 2.05) is 6.07 Å². The molecule has 0 bridgehead atoms. The summed E-state index contributed by atoms with van der Waals surface area (Å²) in [5, 5.41) is 17.6. The number of hydrogen-bond donors (Lipinski definition) is 2. The van der Waals surface area contributed by atoms with Crippen LogP contribution in [0.1, 0.15) is 11.1 Å². The number of hydrogen-bond acceptors (Lipinski definition) is 3. The molecular weight excluding hydrogens is 238 g/mol. The molecule has 0 radical (unpaired) electrons. The zero-order valence-corrected chi connectivity index (χ0v) is 9.63. The predicted molar refractivity (Wildman–Crippen MR) is 61.7 cm³/mol. The smallest absolute Gasteiger partial charge is 0.407 e. The Hall–Kier alpha value is -2.24. The van der Waals surface area contributed by atoms with Gasteiger partial charge >= 0.3 is 12.1 Å². The summed E-state index contributed by atoms with van der Waals surface area (Å²) >= 11 is 0. The van der Waals surface area contributed by atoms with Gasteiger partial charge in [0.2, 0.25) is 0 Å². The molecule has 0 spiro atoms. The summed E-state index contributed by atoms with van der Waals surface area (Å²) in [6.07, 6.45) is -0.361. The minimum absolute atomic E-state index is 0.237. The molecule has 0 saturated carbocycles. The fourth-order valence-corrected chi connectivity index (χ4v) is 1.99. The SMILES string of the molecule is O=C(O)COc1cccc2c1CN(C(=O)O)CC2. The highest BCUT2D eigenvalue weighted by Gasteiger charge is 2.22. The van der Waals surface area contributed by atoms with Gasteiger partial charge in [0, 0.05) is 12.1 Å². The van der Waals surface area contributed by atoms with Crippen molar-refractivity contribution in [3.8, 4) is 5.75 Å². The Morgan fingerprint density at radius 1 is 1.33 bits per heavy atom. The Bertz CT molecular complexity index is 485. The summed E-state index contributed by atoms with van der Waals surface area (Å²) in [6, 6.07) is 5.35. The van der Waals surface area contributed by atoms with Crippen LogP contribution in [0.5, 0.6) is 5.75 Å². The van der Waals surface area contributed by atoms with E-state index in [0.717, 1.165) is 11.1 Å². The van der Waals surface area contributed by atoms with E-state index in [1.165, 1.54) is 4.90 Å². The minimum atomic E-state index is -1.06. The standard InChI is InChI=1S/C12H13NO5/c14-11(15)7-18-10-3-1-2-8-4-5-13(12(16)17)6-9(8)10/h1-3H,4-7H2,(H,14,15)(H,16,17). The Balaban J connectivity index is 2.22. The van der Waals surface area contributed by atoms with Gasteiger partial charge in [-0.2, -0.15) is 0 Å². The van der Waals surface area contributed by atoms with Crippen LogP contribution in [0.3, 0.4) is 0 Å². The van der Waals surface area contributed by atoms with E-state index in [4.69, 9.17) is 14.9 Å². The predicted octanol–water partition coefficient (Wildman–Crippen LogP) is 1.19. The third-order valence-electron chi connectivity index (χ3n) is 2.85. The van der Waals surface area contributed by atoms with Crippen LogP contribution in [0.25, 0.3) is 0 Å². The fourth-order valence-electron chi connectivity index (χ4n) is 1.99. The van der Waals surface area contributed by atoms with Gasteiger partial charge in [-0.15, -0.1) is 0 Å². The van der Waals surface area contributed by atoms with E-state index < -0.39 is 18.7 Å². The molecule has 18 heavy (non-hydrogen) atoms. The highest BCUT2D eigenvalue weighted by molar-refractivity contribution is 5.69. The zero-order valence-electron chi connectivity index (χ0n) is 9.63. The topological polar surface area (TPSA) is 87.1 Å². The van der Waals surface area contributed by atoms with Gasteiger partial charge in [0.15, 0.2) is 6.61 Å². The fraction of sp³-hybridized carbons (Fsp3) is 0.333. The summed E-state index contributed by atoms with van der Waals surface area (Å²) < 4.78 is 5.17. The van der Waals surface area contributed by atoms with Gasteiger partial charge in [-0.1, -0.05) is 12.1 Å². The first kappa shape index (κ1) is 12.2. The molecule has 0 unspecified atom stereocenters. The molecule has 1 amide bonds. The summed E-state index contributed by atoms with van der Waals surface area (Å²) in [5.41, 5.74) is 1.77. The summed E-state index contributed by atoms with van der Waals surface area (Å²) in [7, 11) is 0. The maximum absolute atomic E-state index is 10.9. The van der Waals surface area contributed by atoms with E-state index in [2.05, 4.69) is 0 Å². The summed E-state index contributed by atoms with van der Waals surface area (Å²) in [6.45, 7) is 0.259. The van der Waals surface area contributed by atoms with Gasteiger partial charge < -0.3 is 19.8 Å². The van der Waals surface area contributed by atoms with Crippen molar-refractivity contribution in [2.45, 2.75) is 13.0 Å². The maximum Gasteiger partial charge on any atom is 0.407 e. The highest BCUT2D eigenvalue weighted by Crippen LogP contribution is 2.28. The normalized spacial score (nSPS) is 13.9. The lowest BCUT2D eigenvalue weighted by atomic mass is 9.99. The number of nitrogens with zero attached hydrogens (tertiary/aromatic N) is 1. The number of ether oxygens (including phenoxy) is 1. The molecule has 6 heteroatoms. The molecule has 1 aliphatic rings. The molecular formula is C12H13NO5. The van der Waals surface area contributed by atoms with Crippen LogP contribution in [0, 0.1) is 0 Å². The van der Waals surface area contributed by atoms with Gasteiger partial charge in [-0.05, 0) is 18.1 Å². The second-order valence-corrected chi connectivity index (χ2v) is 4.03. The number of carboxylic acids is 1. The molecule has 1 aromatic carbocycles.